The van der Waals surface area contributed by atoms with Crippen LogP contribution in [0, 0.1) is 5.92 Å². The van der Waals surface area contributed by atoms with Gasteiger partial charge in [0, 0.05) is 11.8 Å². The zero-order valence-corrected chi connectivity index (χ0v) is 18.3. The first-order valence-corrected chi connectivity index (χ1v) is 11.4. The number of hydrogen-bond acceptors (Lipinski definition) is 2. The Morgan fingerprint density at radius 3 is 2.46 bits per heavy atom. The fourth-order valence-electron chi connectivity index (χ4n) is 3.45. The van der Waals surface area contributed by atoms with Crippen molar-refractivity contribution in [3.05, 3.63) is 48.2 Å². The van der Waals surface area contributed by atoms with Gasteiger partial charge in [-0.15, -0.1) is 0 Å². The van der Waals surface area contributed by atoms with Crippen LogP contribution >= 0.6 is 0 Å². The molecule has 28 heavy (non-hydrogen) atoms. The molecule has 2 aromatic rings. The molecule has 0 saturated heterocycles. The molecule has 0 fully saturated rings. The number of hydrogen-bond donors (Lipinski definition) is 0. The molecule has 154 valence electrons. The Bertz CT molecular complexity index is 650. The second kappa shape index (κ2) is 13.4. The Morgan fingerprint density at radius 2 is 1.71 bits per heavy atom. The first-order valence-electron chi connectivity index (χ1n) is 11.4. The van der Waals surface area contributed by atoms with Crippen molar-refractivity contribution < 1.29 is 4.74 Å². The van der Waals surface area contributed by atoms with Crippen molar-refractivity contribution >= 4 is 0 Å². The minimum Gasteiger partial charge on any atom is -0.493 e. The van der Waals surface area contributed by atoms with Crippen LogP contribution in [0.3, 0.4) is 0 Å². The number of benzene rings is 1. The highest BCUT2D eigenvalue weighted by Crippen LogP contribution is 2.29. The van der Waals surface area contributed by atoms with E-state index in [0.717, 1.165) is 42.4 Å². The summed E-state index contributed by atoms with van der Waals surface area (Å²) in [6.07, 6.45) is 14.7. The molecule has 0 amide bonds. The quantitative estimate of drug-likeness (QED) is 0.311. The molecule has 0 spiro atoms. The van der Waals surface area contributed by atoms with E-state index in [-0.39, 0.29) is 0 Å². The number of unbranched alkanes of at least 4 members (excludes halogenated alkanes) is 5. The molecule has 2 heteroatoms. The summed E-state index contributed by atoms with van der Waals surface area (Å²) in [6, 6.07) is 12.7. The van der Waals surface area contributed by atoms with Crippen LogP contribution < -0.4 is 4.74 Å². The molecule has 0 aliphatic carbocycles. The SMILES string of the molecule is CCCCCCCc1ccc(-c2ccccc2OCCCCC(C)CC)nc1. The maximum atomic E-state index is 6.10. The summed E-state index contributed by atoms with van der Waals surface area (Å²) in [5.41, 5.74) is 3.44. The average molecular weight is 382 g/mol. The van der Waals surface area contributed by atoms with E-state index in [2.05, 4.69) is 51.1 Å². The first-order chi connectivity index (χ1) is 13.7. The number of aromatic nitrogens is 1. The van der Waals surface area contributed by atoms with E-state index in [1.54, 1.807) is 0 Å². The van der Waals surface area contributed by atoms with E-state index in [1.165, 1.54) is 56.9 Å². The first kappa shape index (κ1) is 22.5. The van der Waals surface area contributed by atoms with E-state index < -0.39 is 0 Å². The molecule has 1 aromatic carbocycles. The van der Waals surface area contributed by atoms with Gasteiger partial charge in [0.25, 0.3) is 0 Å². The van der Waals surface area contributed by atoms with Gasteiger partial charge >= 0.3 is 0 Å². The van der Waals surface area contributed by atoms with Crippen LogP contribution in [0.5, 0.6) is 5.75 Å². The summed E-state index contributed by atoms with van der Waals surface area (Å²) in [5.74, 6) is 1.77. The van der Waals surface area contributed by atoms with Crippen molar-refractivity contribution in [2.24, 2.45) is 5.92 Å². The van der Waals surface area contributed by atoms with Gasteiger partial charge in [-0.05, 0) is 55.4 Å². The van der Waals surface area contributed by atoms with Crippen LogP contribution in [0.4, 0.5) is 0 Å². The molecule has 0 radical (unpaired) electrons. The lowest BCUT2D eigenvalue weighted by molar-refractivity contribution is 0.301. The number of para-hydroxylation sites is 1. The van der Waals surface area contributed by atoms with Crippen molar-refractivity contribution in [3.63, 3.8) is 0 Å². The molecule has 1 aromatic heterocycles. The summed E-state index contributed by atoms with van der Waals surface area (Å²) in [4.78, 5) is 4.72. The van der Waals surface area contributed by atoms with Crippen LogP contribution in [0.1, 0.15) is 84.1 Å². The third kappa shape index (κ3) is 8.04. The predicted molar refractivity (Wildman–Crippen MR) is 121 cm³/mol. The lowest BCUT2D eigenvalue weighted by atomic mass is 10.0. The van der Waals surface area contributed by atoms with E-state index in [0.29, 0.717) is 0 Å². The van der Waals surface area contributed by atoms with Crippen molar-refractivity contribution in [2.45, 2.75) is 85.0 Å². The van der Waals surface area contributed by atoms with Crippen molar-refractivity contribution in [1.82, 2.24) is 4.98 Å². The fraction of sp³-hybridized carbons (Fsp3) is 0.577. The van der Waals surface area contributed by atoms with Crippen LogP contribution in [-0.2, 0) is 6.42 Å². The molecule has 2 nitrogen and oxygen atoms in total. The van der Waals surface area contributed by atoms with Gasteiger partial charge in [-0.1, -0.05) is 77.5 Å². The zero-order valence-electron chi connectivity index (χ0n) is 18.3. The molecule has 0 saturated carbocycles. The van der Waals surface area contributed by atoms with Crippen molar-refractivity contribution in [1.29, 1.82) is 0 Å². The number of ether oxygens (including phenoxy) is 1. The Labute approximate surface area is 172 Å². The summed E-state index contributed by atoms with van der Waals surface area (Å²) in [6.45, 7) is 7.64. The van der Waals surface area contributed by atoms with Crippen LogP contribution in [0.25, 0.3) is 11.3 Å². The third-order valence-electron chi connectivity index (χ3n) is 5.60. The van der Waals surface area contributed by atoms with Crippen LogP contribution in [-0.4, -0.2) is 11.6 Å². The van der Waals surface area contributed by atoms with Crippen LogP contribution in [0.2, 0.25) is 0 Å². The minimum absolute atomic E-state index is 0.781. The smallest absolute Gasteiger partial charge is 0.128 e. The van der Waals surface area contributed by atoms with E-state index >= 15 is 0 Å². The molecule has 0 aliphatic rings. The average Bonchev–Trinajstić information content (AvgIpc) is 2.74. The van der Waals surface area contributed by atoms with Crippen molar-refractivity contribution in [2.75, 3.05) is 6.61 Å². The normalized spacial score (nSPS) is 12.1. The third-order valence-corrected chi connectivity index (χ3v) is 5.60. The van der Waals surface area contributed by atoms with Crippen LogP contribution in [0.15, 0.2) is 42.6 Å². The topological polar surface area (TPSA) is 22.1 Å². The molecule has 1 atom stereocenters. The highest BCUT2D eigenvalue weighted by atomic mass is 16.5. The Hall–Kier alpha value is -1.83. The summed E-state index contributed by atoms with van der Waals surface area (Å²) in [7, 11) is 0. The zero-order chi connectivity index (χ0) is 20.0. The highest BCUT2D eigenvalue weighted by Gasteiger charge is 2.07. The van der Waals surface area contributed by atoms with Gasteiger partial charge in [-0.25, -0.2) is 0 Å². The summed E-state index contributed by atoms with van der Waals surface area (Å²) >= 11 is 0. The lowest BCUT2D eigenvalue weighted by Crippen LogP contribution is -2.01. The standard InChI is InChI=1S/C26H39NO/c1-4-6-7-8-9-15-23-18-19-25(27-21-23)24-16-10-11-17-26(24)28-20-13-12-14-22(3)5-2/h10-11,16-19,21-22H,4-9,12-15,20H2,1-3H3. The number of aryl methyl sites for hydroxylation is 1. The van der Waals surface area contributed by atoms with Gasteiger partial charge in [-0.2, -0.15) is 0 Å². The fourth-order valence-corrected chi connectivity index (χ4v) is 3.45. The van der Waals surface area contributed by atoms with E-state index in [4.69, 9.17) is 9.72 Å². The molecule has 1 heterocycles. The molecule has 0 bridgehead atoms. The molecule has 0 N–H and O–H groups in total. The number of pyridine rings is 1. The van der Waals surface area contributed by atoms with E-state index in [1.807, 2.05) is 12.3 Å². The Kier molecular flexibility index (Phi) is 10.7. The maximum absolute atomic E-state index is 6.10. The van der Waals surface area contributed by atoms with Gasteiger partial charge in [0.05, 0.1) is 12.3 Å². The molecular formula is C26H39NO. The monoisotopic (exact) mass is 381 g/mol. The highest BCUT2D eigenvalue weighted by molar-refractivity contribution is 5.67. The lowest BCUT2D eigenvalue weighted by Gasteiger charge is -2.12. The van der Waals surface area contributed by atoms with Crippen molar-refractivity contribution in [3.8, 4) is 17.0 Å². The largest absolute Gasteiger partial charge is 0.493 e. The van der Waals surface area contributed by atoms with Gasteiger partial charge in [0.1, 0.15) is 5.75 Å². The van der Waals surface area contributed by atoms with Gasteiger partial charge in [0.15, 0.2) is 0 Å². The molecule has 1 unspecified atom stereocenters. The maximum Gasteiger partial charge on any atom is 0.128 e. The van der Waals surface area contributed by atoms with Gasteiger partial charge < -0.3 is 4.74 Å². The Balaban J connectivity index is 1.85. The summed E-state index contributed by atoms with van der Waals surface area (Å²) in [5, 5.41) is 0. The van der Waals surface area contributed by atoms with Gasteiger partial charge in [-0.3, -0.25) is 4.98 Å². The van der Waals surface area contributed by atoms with Gasteiger partial charge in [0.2, 0.25) is 0 Å². The summed E-state index contributed by atoms with van der Waals surface area (Å²) < 4.78 is 6.10. The molecular weight excluding hydrogens is 342 g/mol. The van der Waals surface area contributed by atoms with E-state index in [9.17, 15) is 0 Å². The predicted octanol–water partition coefficient (Wildman–Crippen LogP) is 7.86. The second-order valence-electron chi connectivity index (χ2n) is 8.07. The number of rotatable bonds is 14. The molecule has 0 aliphatic heterocycles. The number of nitrogens with zero attached hydrogens (tertiary/aromatic N) is 1. The minimum atomic E-state index is 0.781. The molecule has 2 rings (SSSR count). The Morgan fingerprint density at radius 1 is 0.893 bits per heavy atom. The second-order valence-corrected chi connectivity index (χ2v) is 8.07.